The Bertz CT molecular complexity index is 697. The quantitative estimate of drug-likeness (QED) is 0.877. The summed E-state index contributed by atoms with van der Waals surface area (Å²) in [5.74, 6) is 2.29. The molecule has 27 heavy (non-hydrogen) atoms. The highest BCUT2D eigenvalue weighted by atomic mass is 16.5. The average Bonchev–Trinajstić information content (AvgIpc) is 3.38. The van der Waals surface area contributed by atoms with Crippen LogP contribution in [0.2, 0.25) is 0 Å². The molecule has 6 nitrogen and oxygen atoms in total. The van der Waals surface area contributed by atoms with Crippen LogP contribution in [-0.4, -0.2) is 40.5 Å². The summed E-state index contributed by atoms with van der Waals surface area (Å²) in [6.07, 6.45) is 8.32. The monoisotopic (exact) mass is 373 g/mol. The fourth-order valence-corrected chi connectivity index (χ4v) is 4.74. The lowest BCUT2D eigenvalue weighted by Gasteiger charge is -2.40. The van der Waals surface area contributed by atoms with Crippen LogP contribution in [0.1, 0.15) is 87.4 Å². The Morgan fingerprint density at radius 2 is 1.96 bits per heavy atom. The molecule has 6 heteroatoms. The summed E-state index contributed by atoms with van der Waals surface area (Å²) in [5, 5.41) is 7.01. The zero-order valence-electron chi connectivity index (χ0n) is 16.4. The third-order valence-electron chi connectivity index (χ3n) is 6.52. The second-order valence-corrected chi connectivity index (χ2v) is 8.93. The van der Waals surface area contributed by atoms with Crippen molar-refractivity contribution in [1.29, 1.82) is 0 Å². The van der Waals surface area contributed by atoms with Crippen molar-refractivity contribution in [2.75, 3.05) is 6.54 Å². The van der Waals surface area contributed by atoms with E-state index in [1.54, 1.807) is 6.07 Å². The number of carbonyl (C=O) groups is 2. The van der Waals surface area contributed by atoms with Crippen LogP contribution in [-0.2, 0) is 4.79 Å². The van der Waals surface area contributed by atoms with Gasteiger partial charge in [-0.05, 0) is 51.4 Å². The molecule has 4 rings (SSSR count). The largest absolute Gasteiger partial charge is 0.360 e. The van der Waals surface area contributed by atoms with Gasteiger partial charge in [-0.2, -0.15) is 0 Å². The van der Waals surface area contributed by atoms with E-state index in [9.17, 15) is 9.59 Å². The van der Waals surface area contributed by atoms with Gasteiger partial charge < -0.3 is 14.7 Å². The van der Waals surface area contributed by atoms with E-state index in [1.165, 1.54) is 12.8 Å². The maximum atomic E-state index is 12.9. The van der Waals surface area contributed by atoms with Crippen LogP contribution in [0.4, 0.5) is 0 Å². The molecule has 148 valence electrons. The smallest absolute Gasteiger partial charge is 0.273 e. The lowest BCUT2D eigenvalue weighted by atomic mass is 9.81. The number of nitrogens with zero attached hydrogens (tertiary/aromatic N) is 2. The zero-order valence-corrected chi connectivity index (χ0v) is 16.4. The van der Waals surface area contributed by atoms with Crippen molar-refractivity contribution in [3.63, 3.8) is 0 Å². The molecule has 1 aromatic heterocycles. The minimum Gasteiger partial charge on any atom is -0.360 e. The Morgan fingerprint density at radius 3 is 2.67 bits per heavy atom. The highest BCUT2D eigenvalue weighted by Gasteiger charge is 2.35. The van der Waals surface area contributed by atoms with Gasteiger partial charge >= 0.3 is 0 Å². The van der Waals surface area contributed by atoms with Gasteiger partial charge in [-0.1, -0.05) is 24.9 Å². The predicted octanol–water partition coefficient (Wildman–Crippen LogP) is 3.49. The Kier molecular flexibility index (Phi) is 5.24. The maximum absolute atomic E-state index is 12.9. The van der Waals surface area contributed by atoms with Gasteiger partial charge in [0.2, 0.25) is 5.91 Å². The Morgan fingerprint density at radius 1 is 1.15 bits per heavy atom. The molecule has 1 aliphatic heterocycles. The summed E-state index contributed by atoms with van der Waals surface area (Å²) in [6, 6.07) is 2.02. The van der Waals surface area contributed by atoms with Crippen LogP contribution in [0, 0.1) is 11.8 Å². The molecule has 1 N–H and O–H groups in total. The zero-order chi connectivity index (χ0) is 19.0. The second kappa shape index (κ2) is 7.64. The Hall–Kier alpha value is -1.85. The summed E-state index contributed by atoms with van der Waals surface area (Å²) in [5.41, 5.74) is 0.374. The second-order valence-electron chi connectivity index (χ2n) is 8.93. The molecule has 0 bridgehead atoms. The van der Waals surface area contributed by atoms with Crippen molar-refractivity contribution in [1.82, 2.24) is 15.4 Å². The third kappa shape index (κ3) is 4.19. The van der Waals surface area contributed by atoms with Crippen molar-refractivity contribution in [2.24, 2.45) is 11.8 Å². The van der Waals surface area contributed by atoms with Crippen LogP contribution in [0.3, 0.4) is 0 Å². The standard InChI is InChI=1S/C21H31N3O3/c1-13-4-3-5-16(10-13)21(26)24-9-8-17(11-14(24)2)22-20(25)18-12-19(27-23-18)15-6-7-15/h12-17H,3-11H2,1-2H3,(H,22,25)/t13-,14-,16+,17?/m1/s1. The van der Waals surface area contributed by atoms with Crippen LogP contribution in [0.15, 0.2) is 10.6 Å². The van der Waals surface area contributed by atoms with Crippen molar-refractivity contribution in [3.05, 3.63) is 17.5 Å². The lowest BCUT2D eigenvalue weighted by molar-refractivity contribution is -0.140. The summed E-state index contributed by atoms with van der Waals surface area (Å²) >= 11 is 0. The van der Waals surface area contributed by atoms with E-state index in [0.717, 1.165) is 50.8 Å². The van der Waals surface area contributed by atoms with E-state index >= 15 is 0 Å². The highest BCUT2D eigenvalue weighted by molar-refractivity contribution is 5.92. The molecule has 1 aromatic rings. The first kappa shape index (κ1) is 18.5. The fourth-order valence-electron chi connectivity index (χ4n) is 4.74. The number of likely N-dealkylation sites (tertiary alicyclic amines) is 1. The first-order chi connectivity index (χ1) is 13.0. The third-order valence-corrected chi connectivity index (χ3v) is 6.52. The SMILES string of the molecule is C[C@@H]1CCC[C@H](C(=O)N2CCC(NC(=O)c3cc(C4CC4)on3)C[C@H]2C)C1. The molecule has 2 saturated carbocycles. The van der Waals surface area contributed by atoms with E-state index in [4.69, 9.17) is 4.52 Å². The molecule has 0 spiro atoms. The molecule has 0 radical (unpaired) electrons. The van der Waals surface area contributed by atoms with Gasteiger partial charge in [0.1, 0.15) is 5.76 Å². The first-order valence-corrected chi connectivity index (χ1v) is 10.6. The molecule has 4 atom stereocenters. The maximum Gasteiger partial charge on any atom is 0.273 e. The molecule has 1 unspecified atom stereocenters. The Labute approximate surface area is 161 Å². The highest BCUT2D eigenvalue weighted by Crippen LogP contribution is 2.40. The summed E-state index contributed by atoms with van der Waals surface area (Å²) in [7, 11) is 0. The van der Waals surface area contributed by atoms with Gasteiger partial charge in [0.25, 0.3) is 5.91 Å². The molecule has 3 aliphatic rings. The molecule has 0 aromatic carbocycles. The van der Waals surface area contributed by atoms with Crippen LogP contribution in [0.5, 0.6) is 0 Å². The van der Waals surface area contributed by atoms with Crippen LogP contribution < -0.4 is 5.32 Å². The van der Waals surface area contributed by atoms with E-state index in [0.29, 0.717) is 23.4 Å². The first-order valence-electron chi connectivity index (χ1n) is 10.6. The van der Waals surface area contributed by atoms with Crippen LogP contribution in [0.25, 0.3) is 0 Å². The molecule has 2 heterocycles. The summed E-state index contributed by atoms with van der Waals surface area (Å²) in [6.45, 7) is 5.08. The van der Waals surface area contributed by atoms with Gasteiger partial charge in [-0.15, -0.1) is 0 Å². The van der Waals surface area contributed by atoms with Gasteiger partial charge in [0, 0.05) is 36.5 Å². The molecular weight excluding hydrogens is 342 g/mol. The van der Waals surface area contributed by atoms with E-state index < -0.39 is 0 Å². The molecule has 2 amide bonds. The minimum atomic E-state index is -0.163. The van der Waals surface area contributed by atoms with E-state index in [2.05, 4.69) is 24.3 Å². The van der Waals surface area contributed by atoms with Gasteiger partial charge in [-0.3, -0.25) is 9.59 Å². The molecule has 3 fully saturated rings. The fraction of sp³-hybridized carbons (Fsp3) is 0.762. The van der Waals surface area contributed by atoms with Crippen molar-refractivity contribution >= 4 is 11.8 Å². The van der Waals surface area contributed by atoms with Crippen molar-refractivity contribution in [2.45, 2.75) is 83.2 Å². The van der Waals surface area contributed by atoms with E-state index in [1.807, 2.05) is 4.90 Å². The minimum absolute atomic E-state index is 0.0860. The number of rotatable bonds is 4. The summed E-state index contributed by atoms with van der Waals surface area (Å²) in [4.78, 5) is 27.5. The van der Waals surface area contributed by atoms with Gasteiger partial charge in [0.05, 0.1) is 0 Å². The number of piperidine rings is 1. The van der Waals surface area contributed by atoms with Crippen LogP contribution >= 0.6 is 0 Å². The lowest BCUT2D eigenvalue weighted by Crippen LogP contribution is -2.52. The number of carbonyl (C=O) groups excluding carboxylic acids is 2. The normalized spacial score (nSPS) is 31.6. The number of amides is 2. The van der Waals surface area contributed by atoms with Gasteiger partial charge in [0.15, 0.2) is 5.69 Å². The number of hydrogen-bond acceptors (Lipinski definition) is 4. The van der Waals surface area contributed by atoms with Crippen molar-refractivity contribution < 1.29 is 14.1 Å². The average molecular weight is 373 g/mol. The predicted molar refractivity (Wildman–Crippen MR) is 101 cm³/mol. The topological polar surface area (TPSA) is 75.4 Å². The van der Waals surface area contributed by atoms with Crippen molar-refractivity contribution in [3.8, 4) is 0 Å². The molecular formula is C21H31N3O3. The number of hydrogen-bond donors (Lipinski definition) is 1. The Balaban J connectivity index is 1.30. The molecule has 1 saturated heterocycles. The molecule has 2 aliphatic carbocycles. The van der Waals surface area contributed by atoms with E-state index in [-0.39, 0.29) is 23.9 Å². The number of aromatic nitrogens is 1. The number of nitrogens with one attached hydrogen (secondary N) is 1. The summed E-state index contributed by atoms with van der Waals surface area (Å²) < 4.78 is 5.28. The van der Waals surface area contributed by atoms with Gasteiger partial charge in [-0.25, -0.2) is 0 Å².